The zero-order valence-electron chi connectivity index (χ0n) is 14.8. The molecule has 0 bridgehead atoms. The van der Waals surface area contributed by atoms with Crippen LogP contribution in [-0.2, 0) is 14.3 Å². The van der Waals surface area contributed by atoms with Crippen molar-refractivity contribution in [1.82, 2.24) is 0 Å². The van der Waals surface area contributed by atoms with E-state index in [1.54, 1.807) is 32.9 Å². The fourth-order valence-electron chi connectivity index (χ4n) is 2.68. The third kappa shape index (κ3) is 3.94. The van der Waals surface area contributed by atoms with Crippen LogP contribution in [0.5, 0.6) is 5.75 Å². The van der Waals surface area contributed by atoms with Crippen molar-refractivity contribution >= 4 is 5.97 Å². The number of ether oxygens (including phenoxy) is 3. The Bertz CT molecular complexity index is 755. The number of allylic oxidation sites excluding steroid dienone is 2. The molecule has 6 heteroatoms. The van der Waals surface area contributed by atoms with E-state index in [-0.39, 0.29) is 23.1 Å². The second kappa shape index (κ2) is 7.75. The quantitative estimate of drug-likeness (QED) is 0.826. The topological polar surface area (TPSA) is 94.6 Å². The van der Waals surface area contributed by atoms with Crippen LogP contribution in [0.4, 0.5) is 0 Å². The predicted octanol–water partition coefficient (Wildman–Crippen LogP) is 3.12. The van der Waals surface area contributed by atoms with Gasteiger partial charge in [-0.3, -0.25) is 0 Å². The minimum atomic E-state index is -0.638. The monoisotopic (exact) mass is 342 g/mol. The van der Waals surface area contributed by atoms with Gasteiger partial charge in [0.15, 0.2) is 0 Å². The van der Waals surface area contributed by atoms with E-state index in [4.69, 9.17) is 19.9 Å². The van der Waals surface area contributed by atoms with E-state index in [9.17, 15) is 10.1 Å². The van der Waals surface area contributed by atoms with E-state index in [0.717, 1.165) is 5.56 Å². The van der Waals surface area contributed by atoms with Gasteiger partial charge in [0.1, 0.15) is 23.2 Å². The number of nitriles is 1. The van der Waals surface area contributed by atoms with Crippen LogP contribution in [0.3, 0.4) is 0 Å². The fraction of sp³-hybridized carbons (Fsp3) is 0.368. The molecule has 25 heavy (non-hydrogen) atoms. The highest BCUT2D eigenvalue weighted by atomic mass is 16.5. The van der Waals surface area contributed by atoms with Gasteiger partial charge in [-0.2, -0.15) is 5.26 Å². The van der Waals surface area contributed by atoms with E-state index in [1.807, 2.05) is 19.1 Å². The van der Waals surface area contributed by atoms with Gasteiger partial charge in [0.05, 0.1) is 24.2 Å². The largest absolute Gasteiger partial charge is 0.494 e. The number of nitrogens with zero attached hydrogens (tertiary/aromatic N) is 1. The summed E-state index contributed by atoms with van der Waals surface area (Å²) in [5.41, 5.74) is 7.08. The van der Waals surface area contributed by atoms with E-state index in [2.05, 4.69) is 6.07 Å². The highest BCUT2D eigenvalue weighted by molar-refractivity contribution is 5.92. The van der Waals surface area contributed by atoms with Gasteiger partial charge in [0, 0.05) is 0 Å². The molecule has 0 saturated heterocycles. The Morgan fingerprint density at radius 2 is 2.00 bits per heavy atom. The zero-order valence-corrected chi connectivity index (χ0v) is 14.8. The molecule has 0 fully saturated rings. The lowest BCUT2D eigenvalue weighted by Crippen LogP contribution is -2.26. The van der Waals surface area contributed by atoms with Gasteiger partial charge in [-0.05, 0) is 45.4 Å². The molecule has 0 saturated carbocycles. The van der Waals surface area contributed by atoms with E-state index in [0.29, 0.717) is 18.1 Å². The molecule has 0 aromatic heterocycles. The summed E-state index contributed by atoms with van der Waals surface area (Å²) in [5.74, 6) is -0.117. The van der Waals surface area contributed by atoms with Crippen LogP contribution in [0.15, 0.2) is 47.1 Å². The van der Waals surface area contributed by atoms with Crippen molar-refractivity contribution in [2.24, 2.45) is 5.73 Å². The SMILES string of the molecule is CCOc1ccc(C2C(C#N)=C(N)OC(C)=C2C(=O)OC(C)C)cc1. The van der Waals surface area contributed by atoms with Crippen LogP contribution in [0.25, 0.3) is 0 Å². The molecular weight excluding hydrogens is 320 g/mol. The Kier molecular flexibility index (Phi) is 5.71. The molecule has 1 heterocycles. The molecule has 0 spiro atoms. The molecule has 6 nitrogen and oxygen atoms in total. The smallest absolute Gasteiger partial charge is 0.338 e. The first-order chi connectivity index (χ1) is 11.9. The molecule has 1 aromatic rings. The van der Waals surface area contributed by atoms with Gasteiger partial charge in [-0.1, -0.05) is 12.1 Å². The molecule has 0 radical (unpaired) electrons. The van der Waals surface area contributed by atoms with Gasteiger partial charge in [-0.25, -0.2) is 4.79 Å². The zero-order chi connectivity index (χ0) is 18.6. The number of nitrogens with two attached hydrogens (primary N) is 1. The first kappa shape index (κ1) is 18.4. The summed E-state index contributed by atoms with van der Waals surface area (Å²) in [4.78, 5) is 12.6. The van der Waals surface area contributed by atoms with E-state index in [1.165, 1.54) is 0 Å². The van der Waals surface area contributed by atoms with Crippen molar-refractivity contribution in [2.45, 2.75) is 39.7 Å². The highest BCUT2D eigenvalue weighted by Gasteiger charge is 2.36. The van der Waals surface area contributed by atoms with Crippen LogP contribution >= 0.6 is 0 Å². The number of benzene rings is 1. The van der Waals surface area contributed by atoms with Crippen molar-refractivity contribution in [3.63, 3.8) is 0 Å². The molecule has 2 N–H and O–H groups in total. The summed E-state index contributed by atoms with van der Waals surface area (Å²) >= 11 is 0. The minimum absolute atomic E-state index is 0.0000170. The molecule has 1 atom stereocenters. The molecule has 2 rings (SSSR count). The lowest BCUT2D eigenvalue weighted by molar-refractivity contribution is -0.143. The third-order valence-corrected chi connectivity index (χ3v) is 3.69. The van der Waals surface area contributed by atoms with Crippen molar-refractivity contribution in [2.75, 3.05) is 6.61 Å². The summed E-state index contributed by atoms with van der Waals surface area (Å²) in [6.45, 7) is 7.62. The molecule has 1 unspecified atom stereocenters. The Balaban J connectivity index is 2.51. The van der Waals surface area contributed by atoms with Crippen LogP contribution in [0.1, 0.15) is 39.2 Å². The summed E-state index contributed by atoms with van der Waals surface area (Å²) in [6, 6.07) is 9.26. The Hall–Kier alpha value is -2.94. The molecule has 1 aliphatic rings. The van der Waals surface area contributed by atoms with Gasteiger partial charge in [0.25, 0.3) is 0 Å². The predicted molar refractivity (Wildman–Crippen MR) is 92.2 cm³/mol. The van der Waals surface area contributed by atoms with Crippen molar-refractivity contribution in [1.29, 1.82) is 5.26 Å². The van der Waals surface area contributed by atoms with Crippen LogP contribution < -0.4 is 10.5 Å². The summed E-state index contributed by atoms with van der Waals surface area (Å²) in [7, 11) is 0. The molecule has 0 aliphatic carbocycles. The van der Waals surface area contributed by atoms with Gasteiger partial charge in [-0.15, -0.1) is 0 Å². The Morgan fingerprint density at radius 3 is 2.52 bits per heavy atom. The maximum absolute atomic E-state index is 12.6. The fourth-order valence-corrected chi connectivity index (χ4v) is 2.68. The Labute approximate surface area is 147 Å². The standard InChI is InChI=1S/C19H22N2O4/c1-5-23-14-8-6-13(7-9-14)17-15(10-20)18(21)25-12(4)16(17)19(22)24-11(2)3/h6-9,11,17H,5,21H2,1-4H3. The lowest BCUT2D eigenvalue weighted by atomic mass is 9.83. The van der Waals surface area contributed by atoms with Gasteiger partial charge < -0.3 is 19.9 Å². The van der Waals surface area contributed by atoms with E-state index < -0.39 is 11.9 Å². The first-order valence-electron chi connectivity index (χ1n) is 8.11. The average Bonchev–Trinajstić information content (AvgIpc) is 2.54. The minimum Gasteiger partial charge on any atom is -0.494 e. The maximum atomic E-state index is 12.6. The van der Waals surface area contributed by atoms with Crippen molar-refractivity contribution in [3.05, 3.63) is 52.6 Å². The normalized spacial score (nSPS) is 17.2. The van der Waals surface area contributed by atoms with Crippen LogP contribution in [0, 0.1) is 11.3 Å². The van der Waals surface area contributed by atoms with Crippen LogP contribution in [0.2, 0.25) is 0 Å². The number of carbonyl (C=O) groups is 1. The number of hydrogen-bond donors (Lipinski definition) is 1. The molecule has 1 aromatic carbocycles. The molecule has 1 aliphatic heterocycles. The number of carbonyl (C=O) groups excluding carboxylic acids is 1. The van der Waals surface area contributed by atoms with Gasteiger partial charge >= 0.3 is 5.97 Å². The lowest BCUT2D eigenvalue weighted by Gasteiger charge is -2.27. The average molecular weight is 342 g/mol. The summed E-state index contributed by atoms with van der Waals surface area (Å²) < 4.78 is 16.2. The number of rotatable bonds is 5. The summed E-state index contributed by atoms with van der Waals surface area (Å²) in [5, 5.41) is 9.53. The second-order valence-corrected chi connectivity index (χ2v) is 5.85. The van der Waals surface area contributed by atoms with Crippen molar-refractivity contribution < 1.29 is 19.0 Å². The van der Waals surface area contributed by atoms with Gasteiger partial charge in [0.2, 0.25) is 5.88 Å². The molecule has 0 amide bonds. The maximum Gasteiger partial charge on any atom is 0.338 e. The van der Waals surface area contributed by atoms with E-state index >= 15 is 0 Å². The second-order valence-electron chi connectivity index (χ2n) is 5.85. The Morgan fingerprint density at radius 1 is 1.36 bits per heavy atom. The van der Waals surface area contributed by atoms with Crippen LogP contribution in [-0.4, -0.2) is 18.7 Å². The third-order valence-electron chi connectivity index (χ3n) is 3.69. The molecule has 132 valence electrons. The highest BCUT2D eigenvalue weighted by Crippen LogP contribution is 2.40. The van der Waals surface area contributed by atoms with Crippen molar-refractivity contribution in [3.8, 4) is 11.8 Å². The molecular formula is C19H22N2O4. The number of hydrogen-bond acceptors (Lipinski definition) is 6. The summed E-state index contributed by atoms with van der Waals surface area (Å²) in [6.07, 6.45) is -0.289. The number of esters is 1. The first-order valence-corrected chi connectivity index (χ1v) is 8.11.